The summed E-state index contributed by atoms with van der Waals surface area (Å²) in [6.45, 7) is 0.201. The lowest BCUT2D eigenvalue weighted by Crippen LogP contribution is -2.23. The summed E-state index contributed by atoms with van der Waals surface area (Å²) >= 11 is 5.91. The van der Waals surface area contributed by atoms with Crippen molar-refractivity contribution in [1.82, 2.24) is 4.72 Å². The van der Waals surface area contributed by atoms with E-state index in [0.29, 0.717) is 10.4 Å². The molecule has 0 atom stereocenters. The summed E-state index contributed by atoms with van der Waals surface area (Å²) in [5.41, 5.74) is 0.816. The van der Waals surface area contributed by atoms with Crippen LogP contribution in [0.1, 0.15) is 5.56 Å². The molecule has 112 valence electrons. The van der Waals surface area contributed by atoms with E-state index in [9.17, 15) is 8.42 Å². The smallest absolute Gasteiger partial charge is 0.207 e. The van der Waals surface area contributed by atoms with E-state index in [-0.39, 0.29) is 11.4 Å². The maximum atomic E-state index is 12.6. The minimum absolute atomic E-state index is 0.201. The zero-order chi connectivity index (χ0) is 15.6. The first-order chi connectivity index (χ1) is 10.6. The van der Waals surface area contributed by atoms with E-state index >= 15 is 0 Å². The van der Waals surface area contributed by atoms with Crippen LogP contribution in [0.4, 0.5) is 0 Å². The molecule has 0 spiro atoms. The van der Waals surface area contributed by atoms with Crippen LogP contribution in [0.15, 0.2) is 71.6 Å². The summed E-state index contributed by atoms with van der Waals surface area (Å²) in [6.07, 6.45) is 0. The van der Waals surface area contributed by atoms with Crippen LogP contribution >= 0.6 is 11.6 Å². The van der Waals surface area contributed by atoms with Crippen molar-refractivity contribution in [2.24, 2.45) is 0 Å². The number of nitrogens with one attached hydrogen (secondary N) is 1. The summed E-state index contributed by atoms with van der Waals surface area (Å²) in [5.74, 6) is 0. The molecule has 3 nitrogen and oxygen atoms in total. The Morgan fingerprint density at radius 3 is 2.45 bits per heavy atom. The second kappa shape index (κ2) is 6.08. The molecule has 0 saturated heterocycles. The van der Waals surface area contributed by atoms with Gasteiger partial charge in [0.2, 0.25) is 10.0 Å². The van der Waals surface area contributed by atoms with Gasteiger partial charge in [-0.25, -0.2) is 13.1 Å². The van der Waals surface area contributed by atoms with E-state index in [1.807, 2.05) is 36.4 Å². The van der Waals surface area contributed by atoms with Crippen LogP contribution in [0.25, 0.3) is 10.8 Å². The SMILES string of the molecule is O=S(=O)(NCc1cccc(Cl)c1)c1cccc2ccccc12. The number of fused-ring (bicyclic) bond motifs is 1. The fraction of sp³-hybridized carbons (Fsp3) is 0.0588. The Labute approximate surface area is 134 Å². The maximum Gasteiger partial charge on any atom is 0.241 e. The highest BCUT2D eigenvalue weighted by molar-refractivity contribution is 7.89. The average molecular weight is 332 g/mol. The molecule has 0 saturated carbocycles. The molecule has 0 bridgehead atoms. The van der Waals surface area contributed by atoms with Gasteiger partial charge in [-0.3, -0.25) is 0 Å². The highest BCUT2D eigenvalue weighted by Gasteiger charge is 2.16. The second-order valence-corrected chi connectivity index (χ2v) is 7.10. The van der Waals surface area contributed by atoms with Gasteiger partial charge in [0.15, 0.2) is 0 Å². The molecule has 0 aliphatic heterocycles. The Morgan fingerprint density at radius 2 is 1.64 bits per heavy atom. The highest BCUT2D eigenvalue weighted by Crippen LogP contribution is 2.22. The number of benzene rings is 3. The van der Waals surface area contributed by atoms with Crippen molar-refractivity contribution in [3.8, 4) is 0 Å². The third-order valence-electron chi connectivity index (χ3n) is 3.39. The molecule has 22 heavy (non-hydrogen) atoms. The molecule has 0 fully saturated rings. The van der Waals surface area contributed by atoms with Gasteiger partial charge in [0.05, 0.1) is 4.90 Å². The first kappa shape index (κ1) is 15.0. The van der Waals surface area contributed by atoms with Gasteiger partial charge < -0.3 is 0 Å². The van der Waals surface area contributed by atoms with Crippen LogP contribution in [0, 0.1) is 0 Å². The summed E-state index contributed by atoms with van der Waals surface area (Å²) in [4.78, 5) is 0.285. The van der Waals surface area contributed by atoms with Crippen LogP contribution in [0.3, 0.4) is 0 Å². The standard InChI is InChI=1S/C17H14ClNO2S/c18-15-8-3-5-13(11-15)12-19-22(20,21)17-10-4-7-14-6-1-2-9-16(14)17/h1-11,19H,12H2. The van der Waals surface area contributed by atoms with E-state index in [2.05, 4.69) is 4.72 Å². The van der Waals surface area contributed by atoms with Crippen molar-refractivity contribution in [3.05, 3.63) is 77.3 Å². The normalized spacial score (nSPS) is 11.7. The summed E-state index contributed by atoms with van der Waals surface area (Å²) in [5, 5.41) is 2.19. The van der Waals surface area contributed by atoms with Crippen molar-refractivity contribution in [3.63, 3.8) is 0 Å². The molecule has 0 aliphatic carbocycles. The second-order valence-electron chi connectivity index (χ2n) is 4.93. The topological polar surface area (TPSA) is 46.2 Å². The van der Waals surface area contributed by atoms with Crippen molar-refractivity contribution in [2.45, 2.75) is 11.4 Å². The third-order valence-corrected chi connectivity index (χ3v) is 5.09. The van der Waals surface area contributed by atoms with Gasteiger partial charge in [-0.05, 0) is 29.1 Å². The van der Waals surface area contributed by atoms with Crippen LogP contribution in [-0.2, 0) is 16.6 Å². The zero-order valence-electron chi connectivity index (χ0n) is 11.7. The first-order valence-corrected chi connectivity index (χ1v) is 8.64. The predicted molar refractivity (Wildman–Crippen MR) is 89.4 cm³/mol. The van der Waals surface area contributed by atoms with Gasteiger partial charge in [-0.15, -0.1) is 0 Å². The number of hydrogen-bond acceptors (Lipinski definition) is 2. The molecular weight excluding hydrogens is 318 g/mol. The predicted octanol–water partition coefficient (Wildman–Crippen LogP) is 3.97. The minimum Gasteiger partial charge on any atom is -0.207 e. The number of halogens is 1. The number of sulfonamides is 1. The summed E-state index contributed by atoms with van der Waals surface area (Å²) in [6, 6.07) is 19.8. The van der Waals surface area contributed by atoms with Gasteiger partial charge >= 0.3 is 0 Å². The first-order valence-electron chi connectivity index (χ1n) is 6.78. The number of hydrogen-bond donors (Lipinski definition) is 1. The lowest BCUT2D eigenvalue weighted by molar-refractivity contribution is 0.582. The Balaban J connectivity index is 1.92. The molecule has 5 heteroatoms. The van der Waals surface area contributed by atoms with E-state index in [0.717, 1.165) is 10.9 Å². The lowest BCUT2D eigenvalue weighted by Gasteiger charge is -2.10. The fourth-order valence-electron chi connectivity index (χ4n) is 2.33. The Morgan fingerprint density at radius 1 is 0.909 bits per heavy atom. The minimum atomic E-state index is -3.59. The Hall–Kier alpha value is -1.88. The van der Waals surface area contributed by atoms with Gasteiger partial charge in [0.1, 0.15) is 0 Å². The molecule has 3 rings (SSSR count). The Kier molecular flexibility index (Phi) is 4.16. The van der Waals surface area contributed by atoms with E-state index < -0.39 is 10.0 Å². The molecule has 0 amide bonds. The fourth-order valence-corrected chi connectivity index (χ4v) is 3.79. The molecule has 0 aromatic heterocycles. The van der Waals surface area contributed by atoms with Crippen LogP contribution < -0.4 is 4.72 Å². The van der Waals surface area contributed by atoms with E-state index in [1.165, 1.54) is 0 Å². The van der Waals surface area contributed by atoms with Gasteiger partial charge in [-0.1, -0.05) is 60.1 Å². The van der Waals surface area contributed by atoms with Crippen LogP contribution in [0.5, 0.6) is 0 Å². The summed E-state index contributed by atoms with van der Waals surface area (Å²) < 4.78 is 27.7. The lowest BCUT2D eigenvalue weighted by atomic mass is 10.1. The van der Waals surface area contributed by atoms with Crippen LogP contribution in [-0.4, -0.2) is 8.42 Å². The van der Waals surface area contributed by atoms with Gasteiger partial charge in [0.25, 0.3) is 0 Å². The molecular formula is C17H14ClNO2S. The molecule has 0 aliphatic rings. The zero-order valence-corrected chi connectivity index (χ0v) is 13.2. The van der Waals surface area contributed by atoms with Crippen LogP contribution in [0.2, 0.25) is 5.02 Å². The molecule has 0 heterocycles. The van der Waals surface area contributed by atoms with Crippen molar-refractivity contribution >= 4 is 32.4 Å². The van der Waals surface area contributed by atoms with E-state index in [4.69, 9.17) is 11.6 Å². The van der Waals surface area contributed by atoms with Gasteiger partial charge in [-0.2, -0.15) is 0 Å². The summed E-state index contributed by atoms with van der Waals surface area (Å²) in [7, 11) is -3.59. The quantitative estimate of drug-likeness (QED) is 0.786. The largest absolute Gasteiger partial charge is 0.241 e. The van der Waals surface area contributed by atoms with E-state index in [1.54, 1.807) is 30.3 Å². The van der Waals surface area contributed by atoms with Crippen molar-refractivity contribution in [2.75, 3.05) is 0 Å². The third kappa shape index (κ3) is 3.14. The molecule has 0 unspecified atom stereocenters. The van der Waals surface area contributed by atoms with Crippen molar-refractivity contribution < 1.29 is 8.42 Å². The average Bonchev–Trinajstić information content (AvgIpc) is 2.52. The molecule has 1 N–H and O–H groups in total. The molecule has 3 aromatic rings. The van der Waals surface area contributed by atoms with Crippen molar-refractivity contribution in [1.29, 1.82) is 0 Å². The monoisotopic (exact) mass is 331 g/mol. The van der Waals surface area contributed by atoms with Gasteiger partial charge in [0, 0.05) is 17.0 Å². The molecule has 0 radical (unpaired) electrons. The maximum absolute atomic E-state index is 12.6. The highest BCUT2D eigenvalue weighted by atomic mass is 35.5. The number of rotatable bonds is 4. The molecule has 3 aromatic carbocycles. The Bertz CT molecular complexity index is 917.